The Bertz CT molecular complexity index is 911. The third-order valence-electron chi connectivity index (χ3n) is 5.68. The highest BCUT2D eigenvalue weighted by Gasteiger charge is 2.36. The van der Waals surface area contributed by atoms with Crippen LogP contribution in [0.4, 0.5) is 8.78 Å². The predicted molar refractivity (Wildman–Crippen MR) is 108 cm³/mol. The number of halogens is 2. The Morgan fingerprint density at radius 1 is 1.03 bits per heavy atom. The normalized spacial score (nSPS) is 23.4. The molecule has 8 heteroatoms. The minimum atomic E-state index is -1.36. The van der Waals surface area contributed by atoms with Gasteiger partial charge in [-0.3, -0.25) is 0 Å². The van der Waals surface area contributed by atoms with Crippen molar-refractivity contribution in [2.24, 2.45) is 0 Å². The molecule has 4 atom stereocenters. The lowest BCUT2D eigenvalue weighted by Gasteiger charge is -2.37. The van der Waals surface area contributed by atoms with Crippen molar-refractivity contribution in [2.75, 3.05) is 13.1 Å². The summed E-state index contributed by atoms with van der Waals surface area (Å²) in [5.41, 5.74) is 1.59. The van der Waals surface area contributed by atoms with Crippen LogP contribution in [-0.4, -0.2) is 57.1 Å². The summed E-state index contributed by atoms with van der Waals surface area (Å²) < 4.78 is 38.3. The lowest BCUT2D eigenvalue weighted by Crippen LogP contribution is -2.55. The summed E-state index contributed by atoms with van der Waals surface area (Å²) in [6, 6.07) is 8.73. The Kier molecular flexibility index (Phi) is 6.10. The number of rotatable bonds is 6. The number of hydrogen-bond acceptors (Lipinski definition) is 5. The number of nitrogens with one attached hydrogen (secondary N) is 1. The van der Waals surface area contributed by atoms with Gasteiger partial charge in [0.25, 0.3) is 0 Å². The summed E-state index contributed by atoms with van der Waals surface area (Å²) in [6.45, 7) is 0.346. The molecule has 2 aliphatic rings. The molecule has 2 aliphatic heterocycles. The monoisotopic (exact) mass is 432 g/mol. The largest absolute Gasteiger partial charge is 0.487 e. The summed E-state index contributed by atoms with van der Waals surface area (Å²) in [5.74, 6) is 0.550. The van der Waals surface area contributed by atoms with Crippen molar-refractivity contribution in [1.82, 2.24) is 5.32 Å². The number of aliphatic hydroxyl groups excluding tert-OH is 1. The first-order valence-corrected chi connectivity index (χ1v) is 10.6. The van der Waals surface area contributed by atoms with E-state index in [4.69, 9.17) is 9.47 Å². The molecule has 0 saturated heterocycles. The van der Waals surface area contributed by atoms with Gasteiger partial charge < -0.3 is 25.0 Å². The molecule has 0 aliphatic carbocycles. The van der Waals surface area contributed by atoms with E-state index < -0.39 is 23.5 Å². The highest BCUT2D eigenvalue weighted by atomic mass is 28.1. The van der Waals surface area contributed by atoms with Crippen LogP contribution >= 0.6 is 0 Å². The van der Waals surface area contributed by atoms with Gasteiger partial charge in [0.15, 0.2) is 0 Å². The number of ether oxygens (including phenoxy) is 2. The highest BCUT2D eigenvalue weighted by molar-refractivity contribution is 6.15. The molecular formula is C22H24F2NO4Si. The van der Waals surface area contributed by atoms with E-state index in [0.717, 1.165) is 11.1 Å². The maximum atomic E-state index is 13.3. The van der Waals surface area contributed by atoms with Crippen LogP contribution in [0.1, 0.15) is 24.0 Å². The van der Waals surface area contributed by atoms with Gasteiger partial charge in [0.05, 0.1) is 15.5 Å². The molecule has 0 fully saturated rings. The maximum absolute atomic E-state index is 13.3. The van der Waals surface area contributed by atoms with E-state index in [1.807, 2.05) is 0 Å². The fraction of sp³-hybridized carbons (Fsp3) is 0.455. The zero-order chi connectivity index (χ0) is 21.3. The van der Waals surface area contributed by atoms with E-state index in [9.17, 15) is 19.0 Å². The average Bonchev–Trinajstić information content (AvgIpc) is 2.72. The molecule has 3 N–H and O–H groups in total. The molecule has 0 spiro atoms. The van der Waals surface area contributed by atoms with Crippen LogP contribution in [0.5, 0.6) is 11.5 Å². The third-order valence-corrected chi connectivity index (χ3v) is 6.18. The van der Waals surface area contributed by atoms with Gasteiger partial charge in [-0.15, -0.1) is 0 Å². The lowest BCUT2D eigenvalue weighted by atomic mass is 9.97. The standard InChI is InChI=1S/C22H24F2NO4Si/c23-15-3-6-18-13(9-15)1-5-20(28-18)17(26)11-25-12-22(27,30)21-8-2-14-10-16(24)4-7-19(14)29-21/h3-4,6-7,9-10,17,20-21,25-27H,1-2,5,8,11-12H2/t17-,20+,21-,22?/m0/s1. The van der Waals surface area contributed by atoms with Crippen molar-refractivity contribution in [2.45, 2.75) is 49.2 Å². The second kappa shape index (κ2) is 8.62. The molecule has 3 radical (unpaired) electrons. The number of benzene rings is 2. The van der Waals surface area contributed by atoms with Crippen LogP contribution in [0, 0.1) is 11.6 Å². The molecule has 30 heavy (non-hydrogen) atoms. The summed E-state index contributed by atoms with van der Waals surface area (Å²) in [7, 11) is 3.39. The number of hydrogen-bond donors (Lipinski definition) is 3. The van der Waals surface area contributed by atoms with Crippen LogP contribution in [-0.2, 0) is 12.8 Å². The Balaban J connectivity index is 1.28. The first-order chi connectivity index (χ1) is 14.3. The van der Waals surface area contributed by atoms with E-state index in [1.54, 1.807) is 12.1 Å². The van der Waals surface area contributed by atoms with Gasteiger partial charge in [-0.25, -0.2) is 8.78 Å². The van der Waals surface area contributed by atoms with Crippen molar-refractivity contribution in [3.63, 3.8) is 0 Å². The molecule has 5 nitrogen and oxygen atoms in total. The molecule has 2 aromatic carbocycles. The molecule has 0 amide bonds. The summed E-state index contributed by atoms with van der Waals surface area (Å²) in [6.07, 6.45) is 0.615. The predicted octanol–water partition coefficient (Wildman–Crippen LogP) is 1.86. The van der Waals surface area contributed by atoms with Crippen molar-refractivity contribution in [3.05, 3.63) is 59.2 Å². The summed E-state index contributed by atoms with van der Waals surface area (Å²) in [5, 5.41) is 23.0. The van der Waals surface area contributed by atoms with Gasteiger partial charge in [-0.2, -0.15) is 0 Å². The second-order valence-electron chi connectivity index (χ2n) is 7.97. The first kappa shape index (κ1) is 21.2. The summed E-state index contributed by atoms with van der Waals surface area (Å²) in [4.78, 5) is 0. The quantitative estimate of drug-likeness (QED) is 0.608. The molecule has 0 bridgehead atoms. The SMILES string of the molecule is O[C@@H](CNCC(O)([Si])[C@@H]1CCc2cc(F)ccc2O1)[C@H]1CCc2cc(F)ccc2O1. The minimum absolute atomic E-state index is 0.136. The van der Waals surface area contributed by atoms with Crippen LogP contribution < -0.4 is 14.8 Å². The van der Waals surface area contributed by atoms with E-state index in [-0.39, 0.29) is 24.7 Å². The Morgan fingerprint density at radius 2 is 1.63 bits per heavy atom. The molecule has 2 heterocycles. The zero-order valence-electron chi connectivity index (χ0n) is 16.4. The summed E-state index contributed by atoms with van der Waals surface area (Å²) >= 11 is 0. The van der Waals surface area contributed by atoms with E-state index in [1.165, 1.54) is 24.3 Å². The van der Waals surface area contributed by atoms with Crippen LogP contribution in [0.2, 0.25) is 0 Å². The van der Waals surface area contributed by atoms with E-state index in [0.29, 0.717) is 37.2 Å². The van der Waals surface area contributed by atoms with Crippen molar-refractivity contribution in [1.29, 1.82) is 0 Å². The minimum Gasteiger partial charge on any atom is -0.487 e. The molecule has 0 saturated carbocycles. The van der Waals surface area contributed by atoms with Gasteiger partial charge in [0, 0.05) is 13.1 Å². The van der Waals surface area contributed by atoms with Gasteiger partial charge in [0.1, 0.15) is 41.4 Å². The van der Waals surface area contributed by atoms with E-state index >= 15 is 0 Å². The number of aryl methyl sites for hydroxylation is 2. The van der Waals surface area contributed by atoms with Gasteiger partial charge in [-0.1, -0.05) is 0 Å². The molecular weight excluding hydrogens is 408 g/mol. The highest BCUT2D eigenvalue weighted by Crippen LogP contribution is 2.32. The zero-order valence-corrected chi connectivity index (χ0v) is 17.4. The third kappa shape index (κ3) is 4.67. The van der Waals surface area contributed by atoms with Crippen molar-refractivity contribution >= 4 is 10.2 Å². The lowest BCUT2D eigenvalue weighted by molar-refractivity contribution is -0.0142. The smallest absolute Gasteiger partial charge is 0.126 e. The molecule has 159 valence electrons. The molecule has 0 aromatic heterocycles. The van der Waals surface area contributed by atoms with E-state index in [2.05, 4.69) is 15.6 Å². The van der Waals surface area contributed by atoms with Gasteiger partial charge in [-0.05, 0) is 73.2 Å². The maximum Gasteiger partial charge on any atom is 0.126 e. The van der Waals surface area contributed by atoms with Crippen molar-refractivity contribution in [3.8, 4) is 11.5 Å². The number of aliphatic hydroxyl groups is 2. The van der Waals surface area contributed by atoms with Gasteiger partial charge in [0.2, 0.25) is 0 Å². The molecule has 1 unspecified atom stereocenters. The number of fused-ring (bicyclic) bond motifs is 2. The average molecular weight is 433 g/mol. The Hall–Kier alpha value is -2.00. The van der Waals surface area contributed by atoms with Crippen molar-refractivity contribution < 1.29 is 28.5 Å². The fourth-order valence-corrected chi connectivity index (χ4v) is 4.33. The molecule has 4 rings (SSSR count). The second-order valence-corrected chi connectivity index (χ2v) is 8.83. The van der Waals surface area contributed by atoms with Crippen LogP contribution in [0.25, 0.3) is 0 Å². The Morgan fingerprint density at radius 3 is 2.30 bits per heavy atom. The Labute approximate surface area is 177 Å². The van der Waals surface area contributed by atoms with Crippen LogP contribution in [0.15, 0.2) is 36.4 Å². The first-order valence-electron chi connectivity index (χ1n) is 10.1. The fourth-order valence-electron chi connectivity index (χ4n) is 4.00. The molecule has 2 aromatic rings. The topological polar surface area (TPSA) is 71.0 Å². The van der Waals surface area contributed by atoms with Gasteiger partial charge >= 0.3 is 0 Å². The van der Waals surface area contributed by atoms with Crippen LogP contribution in [0.3, 0.4) is 0 Å².